The summed E-state index contributed by atoms with van der Waals surface area (Å²) in [5.74, 6) is 0. The third-order valence-electron chi connectivity index (χ3n) is 2.65. The fourth-order valence-corrected chi connectivity index (χ4v) is 2.24. The Hall–Kier alpha value is -1.20. The molecule has 2 rings (SSSR count). The number of hydrogen-bond acceptors (Lipinski definition) is 4. The van der Waals surface area contributed by atoms with E-state index in [1.807, 2.05) is 30.1 Å². The molecule has 0 aliphatic heterocycles. The summed E-state index contributed by atoms with van der Waals surface area (Å²) in [5, 5.41) is 10.9. The Morgan fingerprint density at radius 1 is 1.53 bits per heavy atom. The van der Waals surface area contributed by atoms with Crippen LogP contribution in [0.1, 0.15) is 24.0 Å². The summed E-state index contributed by atoms with van der Waals surface area (Å²) in [6.07, 6.45) is 4.89. The van der Waals surface area contributed by atoms with Gasteiger partial charge >= 0.3 is 0 Å². The number of hydrogen-bond donors (Lipinski definition) is 1. The van der Waals surface area contributed by atoms with Crippen LogP contribution in [0.3, 0.4) is 0 Å². The largest absolute Gasteiger partial charge is 0.309 e. The Bertz CT molecular complexity index is 435. The van der Waals surface area contributed by atoms with Gasteiger partial charge in [-0.25, -0.2) is 4.98 Å². The quantitative estimate of drug-likeness (QED) is 0.855. The van der Waals surface area contributed by atoms with Crippen molar-refractivity contribution in [1.82, 2.24) is 20.1 Å². The summed E-state index contributed by atoms with van der Waals surface area (Å²) in [4.78, 5) is 4.43. The molecule has 2 aromatic heterocycles. The Labute approximate surface area is 106 Å². The molecule has 0 aliphatic rings. The second kappa shape index (κ2) is 5.93. The first kappa shape index (κ1) is 12.3. The minimum atomic E-state index is 0.473. The lowest BCUT2D eigenvalue weighted by Gasteiger charge is -2.12. The lowest BCUT2D eigenvalue weighted by molar-refractivity contribution is 0.456. The number of nitrogens with one attached hydrogen (secondary N) is 1. The molecular formula is C12H18N4S. The van der Waals surface area contributed by atoms with E-state index in [9.17, 15) is 0 Å². The fourth-order valence-electron chi connectivity index (χ4n) is 1.63. The molecule has 17 heavy (non-hydrogen) atoms. The van der Waals surface area contributed by atoms with Crippen molar-refractivity contribution in [2.75, 3.05) is 0 Å². The van der Waals surface area contributed by atoms with Crippen LogP contribution in [0.15, 0.2) is 23.8 Å². The molecular weight excluding hydrogens is 232 g/mol. The van der Waals surface area contributed by atoms with Gasteiger partial charge in [-0.1, -0.05) is 0 Å². The van der Waals surface area contributed by atoms with E-state index in [0.29, 0.717) is 6.04 Å². The Kier molecular flexibility index (Phi) is 4.28. The molecule has 0 unspecified atom stereocenters. The van der Waals surface area contributed by atoms with Crippen LogP contribution >= 0.6 is 11.3 Å². The average Bonchev–Trinajstić information content (AvgIpc) is 2.95. The maximum atomic E-state index is 4.43. The van der Waals surface area contributed by atoms with E-state index in [0.717, 1.165) is 30.2 Å². The van der Waals surface area contributed by atoms with Gasteiger partial charge in [0.15, 0.2) is 0 Å². The SMILES string of the molecule is Cc1nc(CN[C@@H](C)CCn2cccn2)cs1. The van der Waals surface area contributed by atoms with Crippen LogP contribution in [-0.4, -0.2) is 20.8 Å². The van der Waals surface area contributed by atoms with Crippen LogP contribution in [0.5, 0.6) is 0 Å². The maximum absolute atomic E-state index is 4.43. The Morgan fingerprint density at radius 2 is 2.41 bits per heavy atom. The van der Waals surface area contributed by atoms with Crippen molar-refractivity contribution < 1.29 is 0 Å². The fraction of sp³-hybridized carbons (Fsp3) is 0.500. The molecule has 5 heteroatoms. The highest BCUT2D eigenvalue weighted by Crippen LogP contribution is 2.07. The van der Waals surface area contributed by atoms with Gasteiger partial charge in [0, 0.05) is 36.9 Å². The highest BCUT2D eigenvalue weighted by Gasteiger charge is 2.03. The van der Waals surface area contributed by atoms with E-state index in [4.69, 9.17) is 0 Å². The zero-order valence-corrected chi connectivity index (χ0v) is 11.1. The summed E-state index contributed by atoms with van der Waals surface area (Å²) in [6, 6.07) is 2.43. The molecule has 0 spiro atoms. The van der Waals surface area contributed by atoms with Crippen molar-refractivity contribution in [3.63, 3.8) is 0 Å². The van der Waals surface area contributed by atoms with E-state index in [-0.39, 0.29) is 0 Å². The summed E-state index contributed by atoms with van der Waals surface area (Å²) in [7, 11) is 0. The molecule has 1 atom stereocenters. The number of nitrogens with zero attached hydrogens (tertiary/aromatic N) is 3. The van der Waals surface area contributed by atoms with Crippen molar-refractivity contribution in [1.29, 1.82) is 0 Å². The van der Waals surface area contributed by atoms with Gasteiger partial charge in [0.25, 0.3) is 0 Å². The Balaban J connectivity index is 1.69. The molecule has 0 radical (unpaired) electrons. The molecule has 0 aliphatic carbocycles. The molecule has 2 heterocycles. The van der Waals surface area contributed by atoms with Gasteiger partial charge < -0.3 is 5.32 Å². The van der Waals surface area contributed by atoms with Crippen LogP contribution < -0.4 is 5.32 Å². The summed E-state index contributed by atoms with van der Waals surface area (Å²) >= 11 is 1.70. The van der Waals surface area contributed by atoms with Crippen LogP contribution in [0.2, 0.25) is 0 Å². The molecule has 2 aromatic rings. The van der Waals surface area contributed by atoms with Gasteiger partial charge in [-0.15, -0.1) is 11.3 Å². The highest BCUT2D eigenvalue weighted by molar-refractivity contribution is 7.09. The molecule has 0 bridgehead atoms. The second-order valence-corrected chi connectivity index (χ2v) is 5.26. The highest BCUT2D eigenvalue weighted by atomic mass is 32.1. The molecule has 0 amide bonds. The smallest absolute Gasteiger partial charge is 0.0897 e. The standard InChI is InChI=1S/C12H18N4S/c1-10(4-7-16-6-3-5-14-16)13-8-12-9-17-11(2)15-12/h3,5-6,9-10,13H,4,7-8H2,1-2H3/t10-/m0/s1. The van der Waals surface area contributed by atoms with Gasteiger partial charge in [-0.3, -0.25) is 4.68 Å². The lowest BCUT2D eigenvalue weighted by Crippen LogP contribution is -2.27. The van der Waals surface area contributed by atoms with Crippen LogP contribution in [0.4, 0.5) is 0 Å². The number of aryl methyl sites for hydroxylation is 2. The van der Waals surface area contributed by atoms with Gasteiger partial charge in [-0.2, -0.15) is 5.10 Å². The summed E-state index contributed by atoms with van der Waals surface area (Å²) < 4.78 is 1.96. The van der Waals surface area contributed by atoms with E-state index < -0.39 is 0 Å². The first-order chi connectivity index (χ1) is 8.24. The minimum absolute atomic E-state index is 0.473. The van der Waals surface area contributed by atoms with E-state index in [2.05, 4.69) is 27.7 Å². The summed E-state index contributed by atoms with van der Waals surface area (Å²) in [5.41, 5.74) is 1.14. The average molecular weight is 250 g/mol. The molecule has 4 nitrogen and oxygen atoms in total. The minimum Gasteiger partial charge on any atom is -0.309 e. The maximum Gasteiger partial charge on any atom is 0.0897 e. The zero-order chi connectivity index (χ0) is 12.1. The predicted octanol–water partition coefficient (Wildman–Crippen LogP) is 2.22. The van der Waals surface area contributed by atoms with Crippen molar-refractivity contribution in [3.8, 4) is 0 Å². The van der Waals surface area contributed by atoms with Crippen molar-refractivity contribution in [2.45, 2.75) is 39.4 Å². The van der Waals surface area contributed by atoms with E-state index in [1.54, 1.807) is 11.3 Å². The second-order valence-electron chi connectivity index (χ2n) is 4.20. The monoisotopic (exact) mass is 250 g/mol. The van der Waals surface area contributed by atoms with Gasteiger partial charge in [-0.05, 0) is 26.3 Å². The van der Waals surface area contributed by atoms with Crippen LogP contribution in [-0.2, 0) is 13.1 Å². The van der Waals surface area contributed by atoms with Crippen LogP contribution in [0, 0.1) is 6.92 Å². The molecule has 92 valence electrons. The summed E-state index contributed by atoms with van der Waals surface area (Å²) in [6.45, 7) is 6.04. The van der Waals surface area contributed by atoms with E-state index in [1.165, 1.54) is 0 Å². The molecule has 0 saturated heterocycles. The molecule has 0 aromatic carbocycles. The molecule has 0 saturated carbocycles. The predicted molar refractivity (Wildman–Crippen MR) is 70.0 cm³/mol. The van der Waals surface area contributed by atoms with E-state index >= 15 is 0 Å². The number of aromatic nitrogens is 3. The van der Waals surface area contributed by atoms with Gasteiger partial charge in [0.05, 0.1) is 10.7 Å². The third-order valence-corrected chi connectivity index (χ3v) is 3.47. The molecule has 1 N–H and O–H groups in total. The van der Waals surface area contributed by atoms with Crippen LogP contribution in [0.25, 0.3) is 0 Å². The molecule has 0 fully saturated rings. The van der Waals surface area contributed by atoms with Gasteiger partial charge in [0.2, 0.25) is 0 Å². The number of rotatable bonds is 6. The third kappa shape index (κ3) is 3.94. The number of thiazole rings is 1. The lowest BCUT2D eigenvalue weighted by atomic mass is 10.2. The topological polar surface area (TPSA) is 42.7 Å². The van der Waals surface area contributed by atoms with Crippen molar-refractivity contribution >= 4 is 11.3 Å². The van der Waals surface area contributed by atoms with Crippen molar-refractivity contribution in [3.05, 3.63) is 34.5 Å². The van der Waals surface area contributed by atoms with Gasteiger partial charge in [0.1, 0.15) is 0 Å². The zero-order valence-electron chi connectivity index (χ0n) is 10.3. The normalized spacial score (nSPS) is 12.8. The first-order valence-electron chi connectivity index (χ1n) is 5.86. The van der Waals surface area contributed by atoms with Crippen molar-refractivity contribution in [2.24, 2.45) is 0 Å². The first-order valence-corrected chi connectivity index (χ1v) is 6.74. The Morgan fingerprint density at radius 3 is 3.06 bits per heavy atom.